The Morgan fingerprint density at radius 1 is 1.45 bits per heavy atom. The first-order valence-corrected chi connectivity index (χ1v) is 7.32. The van der Waals surface area contributed by atoms with Gasteiger partial charge in [0.1, 0.15) is 0 Å². The van der Waals surface area contributed by atoms with Gasteiger partial charge >= 0.3 is 0 Å². The highest BCUT2D eigenvalue weighted by molar-refractivity contribution is 5.46. The molecule has 1 saturated carbocycles. The van der Waals surface area contributed by atoms with Crippen molar-refractivity contribution in [3.63, 3.8) is 0 Å². The molecule has 0 aromatic carbocycles. The van der Waals surface area contributed by atoms with E-state index in [1.807, 2.05) is 25.3 Å². The summed E-state index contributed by atoms with van der Waals surface area (Å²) in [5, 5.41) is 17.6. The Bertz CT molecular complexity index is 599. The molecule has 108 valence electrons. The SMILES string of the molecule is Cc1ccn2nc(NC3(CO)CCC(C)CC3)nc2c1. The molecule has 2 aromatic rings. The van der Waals surface area contributed by atoms with Gasteiger partial charge in [0.15, 0.2) is 5.65 Å². The van der Waals surface area contributed by atoms with Crippen molar-refractivity contribution in [3.05, 3.63) is 23.9 Å². The average Bonchev–Trinajstić information content (AvgIpc) is 2.83. The van der Waals surface area contributed by atoms with E-state index in [0.29, 0.717) is 5.95 Å². The lowest BCUT2D eigenvalue weighted by atomic mass is 9.77. The standard InChI is InChI=1S/C15H22N4O/c1-11-3-6-15(10-20,7-4-11)17-14-16-13-9-12(2)5-8-19(13)18-14/h5,8-9,11,20H,3-4,6-7,10H2,1-2H3,(H,17,18). The van der Waals surface area contributed by atoms with Gasteiger partial charge < -0.3 is 10.4 Å². The van der Waals surface area contributed by atoms with Crippen LogP contribution in [0.1, 0.15) is 38.2 Å². The lowest BCUT2D eigenvalue weighted by Gasteiger charge is -2.38. The summed E-state index contributed by atoms with van der Waals surface area (Å²) in [5.41, 5.74) is 1.75. The summed E-state index contributed by atoms with van der Waals surface area (Å²) in [6, 6.07) is 4.02. The molecule has 0 bridgehead atoms. The van der Waals surface area contributed by atoms with Gasteiger partial charge in [-0.15, -0.1) is 5.10 Å². The number of aromatic nitrogens is 3. The van der Waals surface area contributed by atoms with E-state index in [1.165, 1.54) is 5.56 Å². The Labute approximate surface area is 119 Å². The Morgan fingerprint density at radius 2 is 2.20 bits per heavy atom. The van der Waals surface area contributed by atoms with Crippen molar-refractivity contribution in [2.75, 3.05) is 11.9 Å². The maximum absolute atomic E-state index is 9.78. The minimum Gasteiger partial charge on any atom is -0.394 e. The van der Waals surface area contributed by atoms with Gasteiger partial charge in [-0.05, 0) is 56.2 Å². The third-order valence-electron chi connectivity index (χ3n) is 4.40. The second-order valence-electron chi connectivity index (χ2n) is 6.19. The van der Waals surface area contributed by atoms with Crippen LogP contribution in [0.2, 0.25) is 0 Å². The maximum atomic E-state index is 9.78. The number of anilines is 1. The molecule has 0 radical (unpaired) electrons. The summed E-state index contributed by atoms with van der Waals surface area (Å²) in [5.74, 6) is 1.35. The number of fused-ring (bicyclic) bond motifs is 1. The zero-order chi connectivity index (χ0) is 14.2. The van der Waals surface area contributed by atoms with Crippen molar-refractivity contribution in [2.24, 2.45) is 5.92 Å². The van der Waals surface area contributed by atoms with Crippen LogP contribution in [0, 0.1) is 12.8 Å². The zero-order valence-corrected chi connectivity index (χ0v) is 12.1. The van der Waals surface area contributed by atoms with Crippen LogP contribution < -0.4 is 5.32 Å². The highest BCUT2D eigenvalue weighted by atomic mass is 16.3. The third-order valence-corrected chi connectivity index (χ3v) is 4.40. The molecule has 1 fully saturated rings. The Hall–Kier alpha value is -1.62. The fourth-order valence-electron chi connectivity index (χ4n) is 2.91. The molecule has 0 amide bonds. The van der Waals surface area contributed by atoms with Crippen LogP contribution in [0.4, 0.5) is 5.95 Å². The average molecular weight is 274 g/mol. The molecule has 0 spiro atoms. The largest absolute Gasteiger partial charge is 0.394 e. The molecule has 0 aliphatic heterocycles. The van der Waals surface area contributed by atoms with Crippen LogP contribution in [-0.4, -0.2) is 31.9 Å². The number of rotatable bonds is 3. The highest BCUT2D eigenvalue weighted by Gasteiger charge is 2.34. The van der Waals surface area contributed by atoms with Crippen molar-refractivity contribution in [1.29, 1.82) is 0 Å². The van der Waals surface area contributed by atoms with E-state index in [0.717, 1.165) is 37.2 Å². The molecule has 5 nitrogen and oxygen atoms in total. The zero-order valence-electron chi connectivity index (χ0n) is 12.1. The summed E-state index contributed by atoms with van der Waals surface area (Å²) >= 11 is 0. The molecular weight excluding hydrogens is 252 g/mol. The summed E-state index contributed by atoms with van der Waals surface area (Å²) in [6.45, 7) is 4.45. The normalized spacial score (nSPS) is 26.9. The Balaban J connectivity index is 1.84. The monoisotopic (exact) mass is 274 g/mol. The number of nitrogens with zero attached hydrogens (tertiary/aromatic N) is 3. The molecule has 2 heterocycles. The van der Waals surface area contributed by atoms with Gasteiger partial charge in [-0.2, -0.15) is 4.98 Å². The molecule has 0 saturated heterocycles. The Morgan fingerprint density at radius 3 is 2.90 bits per heavy atom. The van der Waals surface area contributed by atoms with Crippen LogP contribution >= 0.6 is 0 Å². The van der Waals surface area contributed by atoms with Gasteiger partial charge in [0.2, 0.25) is 5.95 Å². The van der Waals surface area contributed by atoms with Crippen molar-refractivity contribution in [1.82, 2.24) is 14.6 Å². The fourth-order valence-corrected chi connectivity index (χ4v) is 2.91. The number of aliphatic hydroxyl groups is 1. The van der Waals surface area contributed by atoms with Gasteiger partial charge in [0.25, 0.3) is 0 Å². The van der Waals surface area contributed by atoms with Crippen LogP contribution in [-0.2, 0) is 0 Å². The summed E-state index contributed by atoms with van der Waals surface area (Å²) in [6.07, 6.45) is 6.13. The second-order valence-corrected chi connectivity index (χ2v) is 6.19. The van der Waals surface area contributed by atoms with Crippen LogP contribution in [0.5, 0.6) is 0 Å². The van der Waals surface area contributed by atoms with Crippen LogP contribution in [0.15, 0.2) is 18.3 Å². The second kappa shape index (κ2) is 5.05. The lowest BCUT2D eigenvalue weighted by molar-refractivity contribution is 0.154. The molecule has 0 atom stereocenters. The molecule has 20 heavy (non-hydrogen) atoms. The number of aliphatic hydroxyl groups excluding tert-OH is 1. The number of nitrogens with one attached hydrogen (secondary N) is 1. The van der Waals surface area contributed by atoms with Crippen molar-refractivity contribution >= 4 is 11.6 Å². The molecule has 5 heteroatoms. The predicted octanol–water partition coefficient (Wildman–Crippen LogP) is 2.39. The number of hydrogen-bond donors (Lipinski definition) is 2. The fraction of sp³-hybridized carbons (Fsp3) is 0.600. The van der Waals surface area contributed by atoms with Crippen LogP contribution in [0.3, 0.4) is 0 Å². The lowest BCUT2D eigenvalue weighted by Crippen LogP contribution is -2.45. The first-order valence-electron chi connectivity index (χ1n) is 7.32. The van der Waals surface area contributed by atoms with Crippen molar-refractivity contribution < 1.29 is 5.11 Å². The van der Waals surface area contributed by atoms with Gasteiger partial charge in [-0.25, -0.2) is 4.52 Å². The third kappa shape index (κ3) is 2.50. The quantitative estimate of drug-likeness (QED) is 0.902. The van der Waals surface area contributed by atoms with E-state index in [9.17, 15) is 5.11 Å². The van der Waals surface area contributed by atoms with Crippen molar-refractivity contribution in [2.45, 2.75) is 45.1 Å². The van der Waals surface area contributed by atoms with E-state index in [2.05, 4.69) is 22.3 Å². The smallest absolute Gasteiger partial charge is 0.243 e. The van der Waals surface area contributed by atoms with E-state index in [-0.39, 0.29) is 12.1 Å². The molecular formula is C15H22N4O. The maximum Gasteiger partial charge on any atom is 0.243 e. The molecule has 0 unspecified atom stereocenters. The number of hydrogen-bond acceptors (Lipinski definition) is 4. The van der Waals surface area contributed by atoms with Gasteiger partial charge in [-0.1, -0.05) is 6.92 Å². The summed E-state index contributed by atoms with van der Waals surface area (Å²) in [7, 11) is 0. The van der Waals surface area contributed by atoms with Gasteiger partial charge in [0.05, 0.1) is 12.1 Å². The Kier molecular flexibility index (Phi) is 3.38. The van der Waals surface area contributed by atoms with Crippen LogP contribution in [0.25, 0.3) is 5.65 Å². The van der Waals surface area contributed by atoms with E-state index in [4.69, 9.17) is 0 Å². The van der Waals surface area contributed by atoms with Gasteiger partial charge in [0, 0.05) is 6.20 Å². The highest BCUT2D eigenvalue weighted by Crippen LogP contribution is 2.33. The first kappa shape index (κ1) is 13.4. The molecule has 2 aromatic heterocycles. The molecule has 3 rings (SSSR count). The summed E-state index contributed by atoms with van der Waals surface area (Å²) in [4.78, 5) is 4.51. The van der Waals surface area contributed by atoms with E-state index in [1.54, 1.807) is 4.52 Å². The minimum atomic E-state index is -0.257. The first-order chi connectivity index (χ1) is 9.60. The molecule has 1 aliphatic rings. The van der Waals surface area contributed by atoms with Crippen molar-refractivity contribution in [3.8, 4) is 0 Å². The summed E-state index contributed by atoms with van der Waals surface area (Å²) < 4.78 is 1.77. The molecule has 1 aliphatic carbocycles. The van der Waals surface area contributed by atoms with E-state index >= 15 is 0 Å². The van der Waals surface area contributed by atoms with Gasteiger partial charge in [-0.3, -0.25) is 0 Å². The molecule has 2 N–H and O–H groups in total. The van der Waals surface area contributed by atoms with E-state index < -0.39 is 0 Å². The topological polar surface area (TPSA) is 62.5 Å². The minimum absolute atomic E-state index is 0.133. The number of pyridine rings is 1. The number of aryl methyl sites for hydroxylation is 1. The predicted molar refractivity (Wildman–Crippen MR) is 78.8 cm³/mol.